The Morgan fingerprint density at radius 1 is 0.264 bits per heavy atom. The van der Waals surface area contributed by atoms with Crippen molar-refractivity contribution in [3.63, 3.8) is 0 Å². The zero-order chi connectivity index (χ0) is 74.6. The fraction of sp³-hybridized carbons (Fsp3) is 0.927. The van der Waals surface area contributed by atoms with E-state index in [1.165, 1.54) is 83.5 Å². The summed E-state index contributed by atoms with van der Waals surface area (Å²) < 4.78 is 38.9. The molecule has 5 saturated carbocycles. The SMILES string of the molecule is C.C.C.C.C.C.C.C.C.C.C.C.C.C.CCC(C)(C)C(=O)OC(C)(C)C.CCC(C)(C)C(=O)OC1(C)CCCCC1.CCC(C)C(=O)OC(C)(C)C.CCC(C)C(=O)OC1(C)CCCC1.CCC(C)C(=O)OC1(CC)CCCC1.CCC(C)C(=O)OC1(CC)CCCCC1.CCC1(OC(=O)C(C)(C)CC)CCCCC1. The summed E-state index contributed by atoms with van der Waals surface area (Å²) in [6, 6.07) is 0. The minimum atomic E-state index is -0.372. The maximum absolute atomic E-state index is 12.1. The molecule has 0 amide bonds. The molecule has 14 nitrogen and oxygen atoms in total. The van der Waals surface area contributed by atoms with Gasteiger partial charge in [0.05, 0.1) is 39.9 Å². The average molecular weight is 1590 g/mol. The van der Waals surface area contributed by atoms with Crippen LogP contribution in [-0.4, -0.2) is 81.0 Å². The molecule has 678 valence electrons. The predicted octanol–water partition coefficient (Wildman–Crippen LogP) is 31.7. The lowest BCUT2D eigenvalue weighted by atomic mass is 9.82. The van der Waals surface area contributed by atoms with Gasteiger partial charge in [0, 0.05) is 0 Å². The maximum atomic E-state index is 12.1. The van der Waals surface area contributed by atoms with Gasteiger partial charge in [0.25, 0.3) is 0 Å². The highest BCUT2D eigenvalue weighted by Gasteiger charge is 2.41. The lowest BCUT2D eigenvalue weighted by molar-refractivity contribution is -0.175. The van der Waals surface area contributed by atoms with Crippen molar-refractivity contribution in [1.82, 2.24) is 0 Å². The zero-order valence-corrected chi connectivity index (χ0v) is 67.9. The van der Waals surface area contributed by atoms with Gasteiger partial charge in [-0.25, -0.2) is 0 Å². The quantitative estimate of drug-likeness (QED) is 0.0736. The second kappa shape index (κ2) is 68.5. The third kappa shape index (κ3) is 57.3. The molecule has 0 aromatic carbocycles. The summed E-state index contributed by atoms with van der Waals surface area (Å²) in [5.74, 6) is -0.101. The van der Waals surface area contributed by atoms with E-state index in [0.717, 1.165) is 128 Å². The Kier molecular flexibility index (Phi) is 90.0. The van der Waals surface area contributed by atoms with Crippen molar-refractivity contribution in [2.24, 2.45) is 39.9 Å². The Balaban J connectivity index is -0.0000000657. The molecule has 5 aliphatic carbocycles. The zero-order valence-electron chi connectivity index (χ0n) is 67.9. The molecule has 0 aromatic rings. The Bertz CT molecular complexity index is 2200. The first-order valence-corrected chi connectivity index (χ1v) is 38.9. The molecule has 0 saturated heterocycles. The Morgan fingerprint density at radius 2 is 0.464 bits per heavy atom. The third-order valence-corrected chi connectivity index (χ3v) is 21.4. The number of carbonyl (C=O) groups excluding carboxylic acids is 7. The highest BCUT2D eigenvalue weighted by molar-refractivity contribution is 5.77. The van der Waals surface area contributed by atoms with Crippen LogP contribution < -0.4 is 0 Å². The fourth-order valence-corrected chi connectivity index (χ4v) is 11.2. The van der Waals surface area contributed by atoms with Crippen LogP contribution in [-0.2, 0) is 66.7 Å². The van der Waals surface area contributed by atoms with Crippen LogP contribution in [0.15, 0.2) is 0 Å². The van der Waals surface area contributed by atoms with E-state index in [1.54, 1.807) is 0 Å². The molecule has 0 bridgehead atoms. The summed E-state index contributed by atoms with van der Waals surface area (Å²) in [5.41, 5.74) is -2.47. The van der Waals surface area contributed by atoms with E-state index in [4.69, 9.17) is 33.2 Å². The van der Waals surface area contributed by atoms with Gasteiger partial charge >= 0.3 is 41.8 Å². The maximum Gasteiger partial charge on any atom is 0.312 e. The van der Waals surface area contributed by atoms with Crippen molar-refractivity contribution >= 4 is 41.8 Å². The van der Waals surface area contributed by atoms with Crippen molar-refractivity contribution < 1.29 is 66.7 Å². The van der Waals surface area contributed by atoms with E-state index in [1.807, 2.05) is 159 Å². The second-order valence-corrected chi connectivity index (χ2v) is 33.6. The van der Waals surface area contributed by atoms with Crippen molar-refractivity contribution in [3.05, 3.63) is 0 Å². The first-order chi connectivity index (χ1) is 44.2. The van der Waals surface area contributed by atoms with E-state index in [2.05, 4.69) is 34.6 Å². The minimum Gasteiger partial charge on any atom is -0.460 e. The molecule has 5 fully saturated rings. The van der Waals surface area contributed by atoms with Gasteiger partial charge in [0.15, 0.2) is 0 Å². The molecule has 0 aromatic heterocycles. The van der Waals surface area contributed by atoms with Crippen LogP contribution >= 0.6 is 0 Å². The lowest BCUT2D eigenvalue weighted by Crippen LogP contribution is -2.40. The van der Waals surface area contributed by atoms with Gasteiger partial charge in [-0.05, 0) is 290 Å². The average Bonchev–Trinajstić information content (AvgIpc) is 1.29. The van der Waals surface area contributed by atoms with Crippen LogP contribution in [0.25, 0.3) is 0 Å². The van der Waals surface area contributed by atoms with Crippen LogP contribution in [0.3, 0.4) is 0 Å². The molecule has 4 atom stereocenters. The molecule has 110 heavy (non-hydrogen) atoms. The molecule has 0 heterocycles. The van der Waals surface area contributed by atoms with Gasteiger partial charge in [-0.2, -0.15) is 0 Å². The minimum absolute atomic E-state index is 0. The van der Waals surface area contributed by atoms with E-state index >= 15 is 0 Å². The summed E-state index contributed by atoms with van der Waals surface area (Å²) in [5, 5.41) is 0. The summed E-state index contributed by atoms with van der Waals surface area (Å²) in [6.07, 6.45) is 35.2. The largest absolute Gasteiger partial charge is 0.460 e. The van der Waals surface area contributed by atoms with E-state index < -0.39 is 0 Å². The van der Waals surface area contributed by atoms with E-state index in [9.17, 15) is 33.6 Å². The monoisotopic (exact) mass is 1590 g/mol. The molecule has 14 heteroatoms. The Labute approximate surface area is 693 Å². The third-order valence-electron chi connectivity index (χ3n) is 21.4. The summed E-state index contributed by atoms with van der Waals surface area (Å²) in [6.45, 7) is 55.3. The topological polar surface area (TPSA) is 184 Å². The van der Waals surface area contributed by atoms with Crippen LogP contribution in [0, 0.1) is 39.9 Å². The molecular formula is C96H210O14. The molecule has 5 aliphatic rings. The van der Waals surface area contributed by atoms with Crippen LogP contribution in [0.2, 0.25) is 0 Å². The summed E-state index contributed by atoms with van der Waals surface area (Å²) >= 11 is 0. The van der Waals surface area contributed by atoms with Crippen LogP contribution in [0.1, 0.15) is 510 Å². The van der Waals surface area contributed by atoms with Crippen LogP contribution in [0.4, 0.5) is 0 Å². The Hall–Kier alpha value is -3.71. The molecule has 4 unspecified atom stereocenters. The van der Waals surface area contributed by atoms with E-state index in [-0.39, 0.29) is 225 Å². The number of esters is 7. The summed E-state index contributed by atoms with van der Waals surface area (Å²) in [4.78, 5) is 81.7. The highest BCUT2D eigenvalue weighted by atomic mass is 16.6. The van der Waals surface area contributed by atoms with Crippen molar-refractivity contribution in [3.8, 4) is 0 Å². The number of carbonyl (C=O) groups is 7. The fourth-order valence-electron chi connectivity index (χ4n) is 11.2. The van der Waals surface area contributed by atoms with Crippen molar-refractivity contribution in [2.75, 3.05) is 0 Å². The summed E-state index contributed by atoms with van der Waals surface area (Å²) in [7, 11) is 0. The molecule has 0 spiro atoms. The molecule has 0 aliphatic heterocycles. The first kappa shape index (κ1) is 145. The number of ether oxygens (including phenoxy) is 7. The first-order valence-electron chi connectivity index (χ1n) is 38.9. The lowest BCUT2D eigenvalue weighted by Gasteiger charge is -2.38. The predicted molar refractivity (Wildman–Crippen MR) is 488 cm³/mol. The highest BCUT2D eigenvalue weighted by Crippen LogP contribution is 2.40. The molecule has 5 rings (SSSR count). The molecule has 0 N–H and O–H groups in total. The van der Waals surface area contributed by atoms with Gasteiger partial charge in [-0.3, -0.25) is 33.6 Å². The van der Waals surface area contributed by atoms with Crippen molar-refractivity contribution in [1.29, 1.82) is 0 Å². The number of rotatable bonds is 22. The van der Waals surface area contributed by atoms with E-state index in [0.29, 0.717) is 0 Å². The van der Waals surface area contributed by atoms with Crippen LogP contribution in [0.5, 0.6) is 0 Å². The van der Waals surface area contributed by atoms with Gasteiger partial charge in [0.1, 0.15) is 39.2 Å². The second-order valence-electron chi connectivity index (χ2n) is 33.6. The molecular weight excluding hydrogens is 1380 g/mol. The van der Waals surface area contributed by atoms with Crippen molar-refractivity contribution in [2.45, 2.75) is 549 Å². The van der Waals surface area contributed by atoms with Gasteiger partial charge < -0.3 is 33.2 Å². The standard InChI is InChI=1S/C14H26O2.2C13H24O2.C12H22O2.C11H20O2.C10H20O2.C9H18O2.14CH4/c1-5-13(3,4)12(15)16-14(6-2)10-8-7-9-11-14;1-5-12(2,3)11(14)15-13(4)9-7-6-8-10-13;1-4-11(3)12(14)15-13(5-2)9-7-6-8-10-13;1-4-10(3)11(13)14-12(5-2)8-6-7-9-12;1-4-9(2)10(12)13-11(3)7-5-6-8-11;1-7-10(5,6)8(11)12-9(2,3)4;1-6-7(2)8(10)11-9(3,4)5;;;;;;;;;;;;;;/h5-11H2,1-4H3;5-10H2,1-4H3;11H,4-10H2,1-3H3;10H,4-9H2,1-3H3;9H,4-8H2,1-3H3;7H2,1-6H3;7H,6H2,1-5H3;14*1H4. The van der Waals surface area contributed by atoms with Gasteiger partial charge in [-0.15, -0.1) is 0 Å². The molecule has 0 radical (unpaired) electrons. The number of hydrogen-bond acceptors (Lipinski definition) is 14. The Morgan fingerprint density at radius 3 is 0.709 bits per heavy atom. The smallest absolute Gasteiger partial charge is 0.312 e. The van der Waals surface area contributed by atoms with Gasteiger partial charge in [-0.1, -0.05) is 220 Å². The van der Waals surface area contributed by atoms with Gasteiger partial charge in [0.2, 0.25) is 0 Å². The number of hydrogen-bond donors (Lipinski definition) is 0. The normalized spacial score (nSPS) is 17.2.